The van der Waals surface area contributed by atoms with Crippen LogP contribution in [0.5, 0.6) is 0 Å². The van der Waals surface area contributed by atoms with Crippen molar-refractivity contribution in [1.29, 1.82) is 0 Å². The van der Waals surface area contributed by atoms with Crippen LogP contribution in [0.15, 0.2) is 21.9 Å². The first-order valence-corrected chi connectivity index (χ1v) is 9.03. The summed E-state index contributed by atoms with van der Waals surface area (Å²) >= 11 is 0. The fraction of sp³-hybridized carbons (Fsp3) is 0.556. The molecular formula is C18H23N5O3. The molecule has 8 heteroatoms. The van der Waals surface area contributed by atoms with Gasteiger partial charge in [-0.05, 0) is 43.8 Å². The summed E-state index contributed by atoms with van der Waals surface area (Å²) in [4.78, 5) is 43.5. The molecule has 4 heterocycles. The molecule has 8 nitrogen and oxygen atoms in total. The van der Waals surface area contributed by atoms with Gasteiger partial charge in [-0.15, -0.1) is 0 Å². The van der Waals surface area contributed by atoms with Gasteiger partial charge in [0.05, 0.1) is 10.9 Å². The summed E-state index contributed by atoms with van der Waals surface area (Å²) in [5.41, 5.74) is -0.159. The molecule has 0 spiro atoms. The smallest absolute Gasteiger partial charge is 0.332 e. The summed E-state index contributed by atoms with van der Waals surface area (Å²) < 4.78 is 2.36. The predicted octanol–water partition coefficient (Wildman–Crippen LogP) is -0.296. The Kier molecular flexibility index (Phi) is 4.14. The van der Waals surface area contributed by atoms with Crippen molar-refractivity contribution >= 4 is 16.9 Å². The summed E-state index contributed by atoms with van der Waals surface area (Å²) in [5, 5.41) is 3.72. The zero-order valence-electron chi connectivity index (χ0n) is 15.1. The number of amides is 1. The van der Waals surface area contributed by atoms with Crippen molar-refractivity contribution in [2.24, 2.45) is 25.9 Å². The first kappa shape index (κ1) is 17.0. The molecule has 0 aromatic carbocycles. The van der Waals surface area contributed by atoms with E-state index in [0.29, 0.717) is 23.0 Å². The standard InChI is InChI=1S/C18H23N5O3/c1-21-15-14(17(25)22(2)18(21)26)7-13(10-20-15)16(24)23-5-3-11-8-19-9-12(11)4-6-23/h7,10-12,19H,3-6,8-9H2,1-2H3/t11-,12+. The van der Waals surface area contributed by atoms with Gasteiger partial charge in [0.25, 0.3) is 11.5 Å². The van der Waals surface area contributed by atoms with Crippen molar-refractivity contribution < 1.29 is 4.79 Å². The number of aromatic nitrogens is 3. The number of pyridine rings is 1. The highest BCUT2D eigenvalue weighted by atomic mass is 16.2. The Balaban J connectivity index is 1.67. The topological polar surface area (TPSA) is 89.2 Å². The molecule has 2 aliphatic heterocycles. The quantitative estimate of drug-likeness (QED) is 0.757. The third kappa shape index (κ3) is 2.65. The third-order valence-electron chi connectivity index (χ3n) is 5.85. The lowest BCUT2D eigenvalue weighted by Crippen LogP contribution is -2.37. The minimum Gasteiger partial charge on any atom is -0.339 e. The van der Waals surface area contributed by atoms with Crippen LogP contribution in [0.3, 0.4) is 0 Å². The Morgan fingerprint density at radius 2 is 1.77 bits per heavy atom. The van der Waals surface area contributed by atoms with Gasteiger partial charge in [-0.1, -0.05) is 0 Å². The van der Waals surface area contributed by atoms with Crippen LogP contribution < -0.4 is 16.6 Å². The van der Waals surface area contributed by atoms with E-state index in [1.165, 1.54) is 17.8 Å². The van der Waals surface area contributed by atoms with Gasteiger partial charge in [-0.3, -0.25) is 18.7 Å². The Bertz CT molecular complexity index is 979. The summed E-state index contributed by atoms with van der Waals surface area (Å²) in [6.45, 7) is 3.53. The molecule has 2 aromatic rings. The Hall–Kier alpha value is -2.48. The SMILES string of the molecule is Cn1c(=O)c2cc(C(=O)N3CC[C@@H]4CNC[C@@H]4CC3)cnc2n(C)c1=O. The highest BCUT2D eigenvalue weighted by Gasteiger charge is 2.31. The van der Waals surface area contributed by atoms with Crippen molar-refractivity contribution in [3.05, 3.63) is 38.7 Å². The van der Waals surface area contributed by atoms with Crippen molar-refractivity contribution in [1.82, 2.24) is 24.3 Å². The summed E-state index contributed by atoms with van der Waals surface area (Å²) in [7, 11) is 3.00. The van der Waals surface area contributed by atoms with Gasteiger partial charge in [0.1, 0.15) is 5.65 Å². The third-order valence-corrected chi connectivity index (χ3v) is 5.85. The second-order valence-corrected chi connectivity index (χ2v) is 7.35. The van der Waals surface area contributed by atoms with Gasteiger partial charge >= 0.3 is 5.69 Å². The van der Waals surface area contributed by atoms with E-state index in [1.807, 2.05) is 4.90 Å². The molecule has 2 fully saturated rings. The van der Waals surface area contributed by atoms with Crippen LogP contribution in [0, 0.1) is 11.8 Å². The number of rotatable bonds is 1. The molecule has 1 amide bonds. The lowest BCUT2D eigenvalue weighted by Gasteiger charge is -2.21. The summed E-state index contributed by atoms with van der Waals surface area (Å²) in [6, 6.07) is 1.57. The molecule has 0 saturated carbocycles. The van der Waals surface area contributed by atoms with Gasteiger partial charge in [-0.25, -0.2) is 9.78 Å². The predicted molar refractivity (Wildman–Crippen MR) is 97.2 cm³/mol. The van der Waals surface area contributed by atoms with Crippen LogP contribution >= 0.6 is 0 Å². The lowest BCUT2D eigenvalue weighted by atomic mass is 9.92. The van der Waals surface area contributed by atoms with Crippen molar-refractivity contribution in [2.45, 2.75) is 12.8 Å². The molecule has 2 aromatic heterocycles. The van der Waals surface area contributed by atoms with E-state index in [9.17, 15) is 14.4 Å². The summed E-state index contributed by atoms with van der Waals surface area (Å²) in [6.07, 6.45) is 3.47. The Morgan fingerprint density at radius 1 is 1.12 bits per heavy atom. The number of hydrogen-bond donors (Lipinski definition) is 1. The maximum atomic E-state index is 13.0. The first-order valence-electron chi connectivity index (χ1n) is 9.03. The highest BCUT2D eigenvalue weighted by molar-refractivity contribution is 5.96. The van der Waals surface area contributed by atoms with Gasteiger partial charge in [0.15, 0.2) is 0 Å². The second kappa shape index (κ2) is 6.35. The first-order chi connectivity index (χ1) is 12.5. The highest BCUT2D eigenvalue weighted by Crippen LogP contribution is 2.27. The van der Waals surface area contributed by atoms with Gasteiger partial charge in [0.2, 0.25) is 0 Å². The van der Waals surface area contributed by atoms with Crippen LogP contribution in [0.25, 0.3) is 11.0 Å². The van der Waals surface area contributed by atoms with Gasteiger partial charge in [0, 0.05) is 33.4 Å². The largest absolute Gasteiger partial charge is 0.339 e. The number of hydrogen-bond acceptors (Lipinski definition) is 5. The normalized spacial score (nSPS) is 23.1. The van der Waals surface area contributed by atoms with E-state index < -0.39 is 11.2 Å². The van der Waals surface area contributed by atoms with E-state index in [1.54, 1.807) is 13.1 Å². The fourth-order valence-electron chi connectivity index (χ4n) is 4.19. The summed E-state index contributed by atoms with van der Waals surface area (Å²) in [5.74, 6) is 1.19. The van der Waals surface area contributed by atoms with E-state index in [2.05, 4.69) is 10.3 Å². The fourth-order valence-corrected chi connectivity index (χ4v) is 4.19. The zero-order valence-corrected chi connectivity index (χ0v) is 15.1. The monoisotopic (exact) mass is 357 g/mol. The maximum absolute atomic E-state index is 13.0. The molecule has 2 atom stereocenters. The molecule has 1 N–H and O–H groups in total. The molecule has 138 valence electrons. The number of carbonyl (C=O) groups excluding carboxylic acids is 1. The van der Waals surface area contributed by atoms with Crippen molar-refractivity contribution in [3.8, 4) is 0 Å². The second-order valence-electron chi connectivity index (χ2n) is 7.35. The minimum absolute atomic E-state index is 0.0942. The van der Waals surface area contributed by atoms with E-state index in [-0.39, 0.29) is 11.3 Å². The molecule has 2 saturated heterocycles. The van der Waals surface area contributed by atoms with Crippen LogP contribution in [0.2, 0.25) is 0 Å². The molecule has 4 rings (SSSR count). The van der Waals surface area contributed by atoms with Gasteiger partial charge < -0.3 is 10.2 Å². The molecule has 0 bridgehead atoms. The molecule has 0 unspecified atom stereocenters. The van der Waals surface area contributed by atoms with Crippen LogP contribution in [-0.2, 0) is 14.1 Å². The van der Waals surface area contributed by atoms with Crippen LogP contribution in [-0.4, -0.2) is 51.1 Å². The van der Waals surface area contributed by atoms with Gasteiger partial charge in [-0.2, -0.15) is 0 Å². The van der Waals surface area contributed by atoms with Crippen molar-refractivity contribution in [2.75, 3.05) is 26.2 Å². The van der Waals surface area contributed by atoms with E-state index in [4.69, 9.17) is 0 Å². The Labute approximate surface area is 150 Å². The van der Waals surface area contributed by atoms with Crippen molar-refractivity contribution in [3.63, 3.8) is 0 Å². The number of carbonyl (C=O) groups is 1. The molecule has 26 heavy (non-hydrogen) atoms. The van der Waals surface area contributed by atoms with E-state index in [0.717, 1.165) is 43.6 Å². The van der Waals surface area contributed by atoms with Crippen LogP contribution in [0.4, 0.5) is 0 Å². The van der Waals surface area contributed by atoms with Crippen LogP contribution in [0.1, 0.15) is 23.2 Å². The zero-order chi connectivity index (χ0) is 18.4. The number of nitrogens with one attached hydrogen (secondary N) is 1. The molecule has 0 aliphatic carbocycles. The average molecular weight is 357 g/mol. The maximum Gasteiger partial charge on any atom is 0.332 e. The minimum atomic E-state index is -0.429. The number of likely N-dealkylation sites (tertiary alicyclic amines) is 1. The molecule has 2 aliphatic rings. The number of aryl methyl sites for hydroxylation is 1. The Morgan fingerprint density at radius 3 is 2.42 bits per heavy atom. The lowest BCUT2D eigenvalue weighted by molar-refractivity contribution is 0.0758. The molecule has 0 radical (unpaired) electrons. The average Bonchev–Trinajstić information content (AvgIpc) is 3.02. The number of nitrogens with zero attached hydrogens (tertiary/aromatic N) is 4. The molecular weight excluding hydrogens is 334 g/mol. The number of fused-ring (bicyclic) bond motifs is 2. The van der Waals surface area contributed by atoms with E-state index >= 15 is 0 Å².